The number of hydrogen-bond acceptors (Lipinski definition) is 4. The van der Waals surface area contributed by atoms with Gasteiger partial charge in [-0.2, -0.15) is 0 Å². The monoisotopic (exact) mass is 287 g/mol. The molecule has 2 N–H and O–H groups in total. The molecule has 21 heavy (non-hydrogen) atoms. The minimum absolute atomic E-state index is 0.0372. The van der Waals surface area contributed by atoms with Gasteiger partial charge in [-0.15, -0.1) is 0 Å². The molecule has 0 saturated carbocycles. The zero-order valence-electron chi connectivity index (χ0n) is 12.2. The van der Waals surface area contributed by atoms with E-state index in [0.29, 0.717) is 19.8 Å². The molecular formula is C17H21NO3. The topological polar surface area (TPSA) is 50.7 Å². The number of aliphatic hydroxyl groups is 1. The molecule has 0 unspecified atom stereocenters. The van der Waals surface area contributed by atoms with Gasteiger partial charge in [0.1, 0.15) is 12.4 Å². The molecule has 2 rings (SSSR count). The summed E-state index contributed by atoms with van der Waals surface area (Å²) in [6.07, 6.45) is 0. The van der Waals surface area contributed by atoms with Gasteiger partial charge in [0.2, 0.25) is 0 Å². The highest BCUT2D eigenvalue weighted by atomic mass is 16.5. The third-order valence-corrected chi connectivity index (χ3v) is 3.15. The van der Waals surface area contributed by atoms with Crippen molar-refractivity contribution in [1.29, 1.82) is 0 Å². The van der Waals surface area contributed by atoms with Crippen LogP contribution in [0.15, 0.2) is 48.5 Å². The maximum atomic E-state index is 9.29. The number of aliphatic hydroxyl groups excluding tert-OH is 1. The fraction of sp³-hybridized carbons (Fsp3) is 0.294. The normalized spacial score (nSPS) is 10.4. The van der Waals surface area contributed by atoms with Gasteiger partial charge >= 0.3 is 0 Å². The number of ether oxygens (including phenoxy) is 2. The molecule has 112 valence electrons. The zero-order valence-corrected chi connectivity index (χ0v) is 12.2. The van der Waals surface area contributed by atoms with Crippen molar-refractivity contribution in [2.75, 3.05) is 25.6 Å². The lowest BCUT2D eigenvalue weighted by Crippen LogP contribution is -2.05. The van der Waals surface area contributed by atoms with Crippen molar-refractivity contribution >= 4 is 5.69 Å². The SMILES string of the molecule is COCCOc1ccc(CNc2ccccc2CO)cc1. The van der Waals surface area contributed by atoms with E-state index in [9.17, 15) is 5.11 Å². The third-order valence-electron chi connectivity index (χ3n) is 3.15. The van der Waals surface area contributed by atoms with Crippen LogP contribution in [0.3, 0.4) is 0 Å². The lowest BCUT2D eigenvalue weighted by Gasteiger charge is -2.11. The molecular weight excluding hydrogens is 266 g/mol. The van der Waals surface area contributed by atoms with E-state index in [0.717, 1.165) is 22.6 Å². The summed E-state index contributed by atoms with van der Waals surface area (Å²) in [4.78, 5) is 0. The van der Waals surface area contributed by atoms with Gasteiger partial charge in [-0.1, -0.05) is 30.3 Å². The van der Waals surface area contributed by atoms with Crippen molar-refractivity contribution in [3.05, 3.63) is 59.7 Å². The summed E-state index contributed by atoms with van der Waals surface area (Å²) in [5.74, 6) is 0.839. The van der Waals surface area contributed by atoms with E-state index in [1.807, 2.05) is 48.5 Å². The van der Waals surface area contributed by atoms with E-state index in [2.05, 4.69) is 5.32 Å². The Hall–Kier alpha value is -2.04. The van der Waals surface area contributed by atoms with Crippen LogP contribution in [-0.2, 0) is 17.9 Å². The van der Waals surface area contributed by atoms with Gasteiger partial charge in [0.15, 0.2) is 0 Å². The summed E-state index contributed by atoms with van der Waals surface area (Å²) in [7, 11) is 1.66. The van der Waals surface area contributed by atoms with Crippen LogP contribution in [0.4, 0.5) is 5.69 Å². The van der Waals surface area contributed by atoms with Crippen molar-refractivity contribution in [3.63, 3.8) is 0 Å². The lowest BCUT2D eigenvalue weighted by molar-refractivity contribution is 0.146. The average molecular weight is 287 g/mol. The Labute approximate surface area is 125 Å². The molecule has 0 heterocycles. The number of anilines is 1. The number of hydrogen-bond donors (Lipinski definition) is 2. The Morgan fingerprint density at radius 3 is 2.48 bits per heavy atom. The Balaban J connectivity index is 1.88. The third kappa shape index (κ3) is 4.77. The first-order chi connectivity index (χ1) is 10.3. The maximum Gasteiger partial charge on any atom is 0.119 e. The summed E-state index contributed by atoms with van der Waals surface area (Å²) in [6.45, 7) is 1.88. The van der Waals surface area contributed by atoms with Gasteiger partial charge in [0, 0.05) is 24.9 Å². The second-order valence-electron chi connectivity index (χ2n) is 4.65. The van der Waals surface area contributed by atoms with Gasteiger partial charge in [-0.05, 0) is 23.8 Å². The number of para-hydroxylation sites is 1. The van der Waals surface area contributed by atoms with E-state index in [4.69, 9.17) is 9.47 Å². The number of benzene rings is 2. The molecule has 4 nitrogen and oxygen atoms in total. The largest absolute Gasteiger partial charge is 0.491 e. The Bertz CT molecular complexity index is 540. The average Bonchev–Trinajstić information content (AvgIpc) is 2.54. The molecule has 0 radical (unpaired) electrons. The van der Waals surface area contributed by atoms with E-state index in [-0.39, 0.29) is 6.61 Å². The van der Waals surface area contributed by atoms with Crippen LogP contribution in [0.1, 0.15) is 11.1 Å². The number of rotatable bonds is 8. The highest BCUT2D eigenvalue weighted by molar-refractivity contribution is 5.51. The predicted octanol–water partition coefficient (Wildman–Crippen LogP) is 2.82. The summed E-state index contributed by atoms with van der Waals surface area (Å²) < 4.78 is 10.5. The first-order valence-electron chi connectivity index (χ1n) is 6.97. The van der Waals surface area contributed by atoms with Gasteiger partial charge in [-0.3, -0.25) is 0 Å². The summed E-state index contributed by atoms with van der Waals surface area (Å²) in [5.41, 5.74) is 3.01. The zero-order chi connectivity index (χ0) is 14.9. The maximum absolute atomic E-state index is 9.29. The molecule has 0 spiro atoms. The first kappa shape index (κ1) is 15.4. The second kappa shape index (κ2) is 8.29. The summed E-state index contributed by atoms with van der Waals surface area (Å²) >= 11 is 0. The van der Waals surface area contributed by atoms with Crippen molar-refractivity contribution < 1.29 is 14.6 Å². The second-order valence-corrected chi connectivity index (χ2v) is 4.65. The molecule has 0 fully saturated rings. The van der Waals surface area contributed by atoms with Crippen LogP contribution in [0.25, 0.3) is 0 Å². The molecule has 0 saturated heterocycles. The summed E-state index contributed by atoms with van der Waals surface area (Å²) in [5, 5.41) is 12.6. The number of nitrogens with one attached hydrogen (secondary N) is 1. The first-order valence-corrected chi connectivity index (χ1v) is 6.97. The van der Waals surface area contributed by atoms with E-state index in [1.165, 1.54) is 0 Å². The number of methoxy groups -OCH3 is 1. The van der Waals surface area contributed by atoms with Crippen molar-refractivity contribution in [2.24, 2.45) is 0 Å². The molecule has 0 aliphatic carbocycles. The molecule has 2 aromatic carbocycles. The molecule has 0 aliphatic rings. The predicted molar refractivity (Wildman–Crippen MR) is 83.5 cm³/mol. The fourth-order valence-corrected chi connectivity index (χ4v) is 1.97. The van der Waals surface area contributed by atoms with Crippen LogP contribution in [0.5, 0.6) is 5.75 Å². The molecule has 0 aromatic heterocycles. The van der Waals surface area contributed by atoms with Crippen molar-refractivity contribution in [1.82, 2.24) is 0 Å². The van der Waals surface area contributed by atoms with Crippen LogP contribution in [0.2, 0.25) is 0 Å². The smallest absolute Gasteiger partial charge is 0.119 e. The van der Waals surface area contributed by atoms with Crippen LogP contribution in [0, 0.1) is 0 Å². The molecule has 0 aliphatic heterocycles. The van der Waals surface area contributed by atoms with Gasteiger partial charge in [0.05, 0.1) is 13.2 Å². The van der Waals surface area contributed by atoms with E-state index >= 15 is 0 Å². The molecule has 2 aromatic rings. The van der Waals surface area contributed by atoms with Crippen LogP contribution < -0.4 is 10.1 Å². The standard InChI is InChI=1S/C17H21NO3/c1-20-10-11-21-16-8-6-14(7-9-16)12-18-17-5-3-2-4-15(17)13-19/h2-9,18-19H,10-13H2,1H3. The Morgan fingerprint density at radius 2 is 1.76 bits per heavy atom. The highest BCUT2D eigenvalue weighted by Crippen LogP contribution is 2.17. The minimum atomic E-state index is 0.0372. The molecule has 4 heteroatoms. The highest BCUT2D eigenvalue weighted by Gasteiger charge is 2.00. The van der Waals surface area contributed by atoms with Crippen LogP contribution >= 0.6 is 0 Å². The molecule has 0 atom stereocenters. The quantitative estimate of drug-likeness (QED) is 0.733. The fourth-order valence-electron chi connectivity index (χ4n) is 1.97. The lowest BCUT2D eigenvalue weighted by atomic mass is 10.1. The van der Waals surface area contributed by atoms with Crippen LogP contribution in [-0.4, -0.2) is 25.4 Å². The van der Waals surface area contributed by atoms with Crippen molar-refractivity contribution in [3.8, 4) is 5.75 Å². The van der Waals surface area contributed by atoms with Gasteiger partial charge < -0.3 is 19.9 Å². The molecule has 0 bridgehead atoms. The van der Waals surface area contributed by atoms with E-state index < -0.39 is 0 Å². The molecule has 0 amide bonds. The van der Waals surface area contributed by atoms with Gasteiger partial charge in [-0.25, -0.2) is 0 Å². The van der Waals surface area contributed by atoms with Gasteiger partial charge in [0.25, 0.3) is 0 Å². The summed E-state index contributed by atoms with van der Waals surface area (Å²) in [6, 6.07) is 15.7. The van der Waals surface area contributed by atoms with E-state index in [1.54, 1.807) is 7.11 Å². The minimum Gasteiger partial charge on any atom is -0.491 e. The Morgan fingerprint density at radius 1 is 1.00 bits per heavy atom. The Kier molecular flexibility index (Phi) is 6.06. The van der Waals surface area contributed by atoms with Crippen molar-refractivity contribution in [2.45, 2.75) is 13.2 Å².